The lowest BCUT2D eigenvalue weighted by Crippen LogP contribution is -2.51. The Morgan fingerprint density at radius 2 is 1.78 bits per heavy atom. The molecule has 210 valence electrons. The minimum absolute atomic E-state index is 0.00141. The maximum Gasteiger partial charge on any atom is 0.317 e. The van der Waals surface area contributed by atoms with Gasteiger partial charge in [-0.3, -0.25) is 9.59 Å². The summed E-state index contributed by atoms with van der Waals surface area (Å²) in [5.41, 5.74) is 7.53. The predicted molar refractivity (Wildman–Crippen MR) is 157 cm³/mol. The lowest BCUT2D eigenvalue weighted by Gasteiger charge is -2.58. The molecule has 4 aliphatic rings. The summed E-state index contributed by atoms with van der Waals surface area (Å²) >= 11 is 0. The number of carbonyl (C=O) groups excluding carboxylic acids is 2. The number of nitrogens with two attached hydrogens (primary N) is 1. The van der Waals surface area contributed by atoms with Gasteiger partial charge in [-0.05, 0) is 91.3 Å². The van der Waals surface area contributed by atoms with Crippen molar-refractivity contribution in [1.82, 2.24) is 0 Å². The van der Waals surface area contributed by atoms with Crippen LogP contribution < -0.4 is 5.73 Å². The maximum absolute atomic E-state index is 12.4. The van der Waals surface area contributed by atoms with Crippen LogP contribution in [0.25, 0.3) is 0 Å². The first-order valence-corrected chi connectivity index (χ1v) is 17.4. The van der Waals surface area contributed by atoms with E-state index in [1.165, 1.54) is 73.0 Å². The fourth-order valence-corrected chi connectivity index (χ4v) is 10.7. The predicted octanol–water partition coefficient (Wildman–Crippen LogP) is 7.81. The second-order valence-electron chi connectivity index (χ2n) is 13.6. The molecule has 2 N–H and O–H groups in total. The minimum atomic E-state index is -0.354. The first kappa shape index (κ1) is 29.4. The number of rotatable bonds is 11. The summed E-state index contributed by atoms with van der Waals surface area (Å²) in [6.45, 7) is 12.5. The van der Waals surface area contributed by atoms with Crippen LogP contribution in [0, 0.1) is 46.3 Å². The lowest BCUT2D eigenvalue weighted by molar-refractivity contribution is -0.148. The average molecular weight is 550 g/mol. The zero-order chi connectivity index (χ0) is 26.8. The third-order valence-corrected chi connectivity index (χ3v) is 13.1. The Labute approximate surface area is 233 Å². The highest BCUT2D eigenvalue weighted by Crippen LogP contribution is 2.67. The highest BCUT2D eigenvalue weighted by Gasteiger charge is 2.59. The number of allylic oxidation sites excluding steroid dienone is 1. The highest BCUT2D eigenvalue weighted by molar-refractivity contribution is 8.77. The topological polar surface area (TPSA) is 69.4 Å². The summed E-state index contributed by atoms with van der Waals surface area (Å²) in [6, 6.07) is 0. The Kier molecular flexibility index (Phi) is 9.74. The second kappa shape index (κ2) is 12.3. The van der Waals surface area contributed by atoms with E-state index in [2.05, 4.69) is 40.7 Å². The Morgan fingerprint density at radius 3 is 2.51 bits per heavy atom. The zero-order valence-corrected chi connectivity index (χ0v) is 25.6. The van der Waals surface area contributed by atoms with Crippen molar-refractivity contribution in [3.8, 4) is 0 Å². The molecule has 4 nitrogen and oxygen atoms in total. The molecule has 37 heavy (non-hydrogen) atoms. The van der Waals surface area contributed by atoms with E-state index >= 15 is 0 Å². The molecule has 3 saturated carbocycles. The van der Waals surface area contributed by atoms with Crippen molar-refractivity contribution in [2.45, 2.75) is 111 Å². The van der Waals surface area contributed by atoms with Gasteiger partial charge in [0.05, 0.1) is 5.75 Å². The van der Waals surface area contributed by atoms with Crippen molar-refractivity contribution in [3.05, 3.63) is 11.6 Å². The van der Waals surface area contributed by atoms with Gasteiger partial charge in [0, 0.05) is 6.42 Å². The van der Waals surface area contributed by atoms with E-state index in [4.69, 9.17) is 10.5 Å². The van der Waals surface area contributed by atoms with Gasteiger partial charge in [0.25, 0.3) is 0 Å². The smallest absolute Gasteiger partial charge is 0.317 e. The van der Waals surface area contributed by atoms with E-state index in [0.717, 1.165) is 54.8 Å². The molecule has 0 aliphatic heterocycles. The van der Waals surface area contributed by atoms with Crippen molar-refractivity contribution >= 4 is 33.5 Å². The van der Waals surface area contributed by atoms with Crippen molar-refractivity contribution in [2.24, 2.45) is 52.1 Å². The molecule has 0 unspecified atom stereocenters. The Bertz CT molecular complexity index is 859. The van der Waals surface area contributed by atoms with Gasteiger partial charge < -0.3 is 10.5 Å². The number of carbonyl (C=O) groups is 2. The quantitative estimate of drug-likeness (QED) is 0.123. The third kappa shape index (κ3) is 6.42. The van der Waals surface area contributed by atoms with Crippen LogP contribution >= 0.6 is 21.6 Å². The summed E-state index contributed by atoms with van der Waals surface area (Å²) in [6.07, 6.45) is 16.6. The number of fused-ring (bicyclic) bond motifs is 5. The number of ether oxygens (including phenoxy) is 1. The lowest BCUT2D eigenvalue weighted by atomic mass is 9.47. The standard InChI is InChI=1S/C31H51NO3S2/c1-20(2)7-6-8-21(3)25-11-12-26-24-10-9-22-17-23(35-29(34)19-37-36-18-28(32)33)13-15-30(22,4)27(24)14-16-31(25,26)5/h9,20-21,23-27H,6-8,10-19H2,1-5H3,(H2,32,33)/t21-,23+,24+,25-,26+,27+,30+,31-/m1/s1. The molecule has 8 atom stereocenters. The van der Waals surface area contributed by atoms with Crippen LogP contribution in [-0.4, -0.2) is 29.5 Å². The molecule has 0 aromatic heterocycles. The van der Waals surface area contributed by atoms with Crippen molar-refractivity contribution in [2.75, 3.05) is 11.5 Å². The third-order valence-electron chi connectivity index (χ3n) is 11.0. The molecule has 4 rings (SSSR count). The molecule has 1 amide bonds. The monoisotopic (exact) mass is 549 g/mol. The van der Waals surface area contributed by atoms with Gasteiger partial charge in [-0.2, -0.15) is 0 Å². The van der Waals surface area contributed by atoms with Crippen LogP contribution in [0.5, 0.6) is 0 Å². The van der Waals surface area contributed by atoms with Gasteiger partial charge in [0.2, 0.25) is 5.91 Å². The van der Waals surface area contributed by atoms with Crippen LogP contribution in [-0.2, 0) is 14.3 Å². The van der Waals surface area contributed by atoms with Crippen molar-refractivity contribution < 1.29 is 14.3 Å². The normalized spacial score (nSPS) is 37.8. The first-order valence-electron chi connectivity index (χ1n) is 15.0. The van der Waals surface area contributed by atoms with E-state index in [-0.39, 0.29) is 34.9 Å². The molecule has 0 bridgehead atoms. The Balaban J connectivity index is 1.35. The summed E-state index contributed by atoms with van der Waals surface area (Å²) in [7, 11) is 2.68. The van der Waals surface area contributed by atoms with E-state index < -0.39 is 0 Å². The molecular weight excluding hydrogens is 498 g/mol. The summed E-state index contributed by atoms with van der Waals surface area (Å²) in [4.78, 5) is 23.3. The van der Waals surface area contributed by atoms with Gasteiger partial charge in [-0.1, -0.05) is 87.1 Å². The highest BCUT2D eigenvalue weighted by atomic mass is 33.1. The van der Waals surface area contributed by atoms with E-state index in [1.807, 2.05) is 0 Å². The molecular formula is C31H51NO3S2. The number of primary amides is 1. The molecule has 0 aromatic carbocycles. The molecule has 0 aromatic rings. The Morgan fingerprint density at radius 1 is 1.03 bits per heavy atom. The fourth-order valence-electron chi connectivity index (χ4n) is 9.16. The second-order valence-corrected chi connectivity index (χ2v) is 16.1. The molecule has 3 fully saturated rings. The number of hydrogen-bond acceptors (Lipinski definition) is 5. The minimum Gasteiger partial charge on any atom is -0.461 e. The van der Waals surface area contributed by atoms with Crippen LogP contribution in [0.15, 0.2) is 11.6 Å². The van der Waals surface area contributed by atoms with E-state index in [1.54, 1.807) is 5.57 Å². The van der Waals surface area contributed by atoms with Gasteiger partial charge in [0.15, 0.2) is 0 Å². The van der Waals surface area contributed by atoms with Crippen molar-refractivity contribution in [3.63, 3.8) is 0 Å². The summed E-state index contributed by atoms with van der Waals surface area (Å²) in [5.74, 6) is 5.05. The molecule has 0 heterocycles. The van der Waals surface area contributed by atoms with Crippen LogP contribution in [0.4, 0.5) is 0 Å². The van der Waals surface area contributed by atoms with Crippen LogP contribution in [0.3, 0.4) is 0 Å². The van der Waals surface area contributed by atoms with Gasteiger partial charge in [-0.25, -0.2) is 0 Å². The molecule has 0 saturated heterocycles. The van der Waals surface area contributed by atoms with Gasteiger partial charge in [-0.15, -0.1) is 0 Å². The molecule has 4 aliphatic carbocycles. The maximum atomic E-state index is 12.4. The summed E-state index contributed by atoms with van der Waals surface area (Å²) in [5, 5.41) is 0. The molecule has 0 radical (unpaired) electrons. The molecule has 0 spiro atoms. The average Bonchev–Trinajstić information content (AvgIpc) is 3.19. The first-order chi connectivity index (χ1) is 17.5. The van der Waals surface area contributed by atoms with Gasteiger partial charge in [0.1, 0.15) is 11.9 Å². The van der Waals surface area contributed by atoms with E-state index in [9.17, 15) is 9.59 Å². The number of esters is 1. The number of amides is 1. The van der Waals surface area contributed by atoms with Crippen molar-refractivity contribution in [1.29, 1.82) is 0 Å². The SMILES string of the molecule is CC(C)CCC[C@@H](C)[C@H]1CC[C@H]2[C@@H]3CC=C4C[C@@H](OC(=O)CSSCC(N)=O)CC[C@]4(C)[C@H]3CC[C@]12C. The zero-order valence-electron chi connectivity index (χ0n) is 23.9. The van der Waals surface area contributed by atoms with Crippen LogP contribution in [0.1, 0.15) is 105 Å². The molecule has 6 heteroatoms. The fraction of sp³-hybridized carbons (Fsp3) is 0.871. The largest absolute Gasteiger partial charge is 0.461 e. The van der Waals surface area contributed by atoms with E-state index in [0.29, 0.717) is 5.41 Å². The Hall–Kier alpha value is -0.620. The number of hydrogen-bond donors (Lipinski definition) is 1. The van der Waals surface area contributed by atoms with Crippen LogP contribution in [0.2, 0.25) is 0 Å². The van der Waals surface area contributed by atoms with Gasteiger partial charge >= 0.3 is 5.97 Å². The summed E-state index contributed by atoms with van der Waals surface area (Å²) < 4.78 is 5.87.